The van der Waals surface area contributed by atoms with Gasteiger partial charge in [0.25, 0.3) is 5.06 Å². The lowest BCUT2D eigenvalue weighted by Gasteiger charge is -2.23. The van der Waals surface area contributed by atoms with Crippen molar-refractivity contribution in [3.05, 3.63) is 53.1 Å². The third kappa shape index (κ3) is 5.28. The average Bonchev–Trinajstić information content (AvgIpc) is 2.66. The van der Waals surface area contributed by atoms with Crippen LogP contribution in [0.2, 0.25) is 0 Å². The van der Waals surface area contributed by atoms with Crippen LogP contribution < -0.4 is 0 Å². The first-order chi connectivity index (χ1) is 13.4. The molecule has 28 heavy (non-hydrogen) atoms. The van der Waals surface area contributed by atoms with Crippen molar-refractivity contribution >= 4 is 32.4 Å². The molecule has 8 heteroatoms. The summed E-state index contributed by atoms with van der Waals surface area (Å²) in [5, 5.41) is 2.00. The second-order valence-corrected chi connectivity index (χ2v) is 10.1. The van der Waals surface area contributed by atoms with Crippen molar-refractivity contribution in [3.63, 3.8) is 0 Å². The van der Waals surface area contributed by atoms with E-state index in [1.165, 1.54) is 0 Å². The predicted molar refractivity (Wildman–Crippen MR) is 115 cm³/mol. The van der Waals surface area contributed by atoms with E-state index in [0.29, 0.717) is 0 Å². The smallest absolute Gasteiger partial charge is 0.303 e. The van der Waals surface area contributed by atoms with Crippen molar-refractivity contribution in [2.75, 3.05) is 26.4 Å². The SMILES string of the molecule is CCOP(=O)(OCC)/C(=C/c1cccc2ccccc12)[P+](O)(OCC)OCC. The summed E-state index contributed by atoms with van der Waals surface area (Å²) in [6.07, 6.45) is 1.63. The lowest BCUT2D eigenvalue weighted by atomic mass is 10.1. The van der Waals surface area contributed by atoms with Crippen molar-refractivity contribution in [3.8, 4) is 0 Å². The molecule has 0 bridgehead atoms. The summed E-state index contributed by atoms with van der Waals surface area (Å²) in [5.41, 5.74) is 0.769. The first-order valence-corrected chi connectivity index (χ1v) is 12.6. The molecule has 0 saturated heterocycles. The van der Waals surface area contributed by atoms with Crippen LogP contribution in [-0.4, -0.2) is 31.3 Å². The first kappa shape index (κ1) is 23.2. The van der Waals surface area contributed by atoms with Crippen LogP contribution in [0.5, 0.6) is 0 Å². The highest BCUT2D eigenvalue weighted by Gasteiger charge is 2.57. The quantitative estimate of drug-likeness (QED) is 0.429. The molecule has 0 aliphatic carbocycles. The topological polar surface area (TPSA) is 74.2 Å². The van der Waals surface area contributed by atoms with Crippen LogP contribution in [0.3, 0.4) is 0 Å². The zero-order valence-corrected chi connectivity index (χ0v) is 18.6. The highest BCUT2D eigenvalue weighted by Crippen LogP contribution is 2.78. The van der Waals surface area contributed by atoms with Crippen LogP contribution in [0.4, 0.5) is 0 Å². The van der Waals surface area contributed by atoms with Crippen LogP contribution in [-0.2, 0) is 22.7 Å². The lowest BCUT2D eigenvalue weighted by Crippen LogP contribution is -2.09. The van der Waals surface area contributed by atoms with Crippen LogP contribution in [0.1, 0.15) is 33.3 Å². The number of rotatable bonds is 11. The van der Waals surface area contributed by atoms with Crippen LogP contribution in [0, 0.1) is 0 Å². The molecule has 2 rings (SSSR count). The van der Waals surface area contributed by atoms with Crippen molar-refractivity contribution in [1.29, 1.82) is 0 Å². The molecule has 0 unspecified atom stereocenters. The lowest BCUT2D eigenvalue weighted by molar-refractivity contribution is 0.192. The Balaban J connectivity index is 2.75. The number of fused-ring (bicyclic) bond motifs is 1. The first-order valence-electron chi connectivity index (χ1n) is 9.44. The van der Waals surface area contributed by atoms with E-state index in [1.807, 2.05) is 42.5 Å². The van der Waals surface area contributed by atoms with Gasteiger partial charge in [0.2, 0.25) is 0 Å². The molecule has 0 spiro atoms. The Labute approximate surface area is 167 Å². The van der Waals surface area contributed by atoms with Crippen molar-refractivity contribution in [2.24, 2.45) is 0 Å². The highest BCUT2D eigenvalue weighted by molar-refractivity contribution is 7.82. The molecule has 0 amide bonds. The summed E-state index contributed by atoms with van der Waals surface area (Å²) in [6, 6.07) is 13.6. The molecule has 2 aromatic rings. The normalized spacial score (nSPS) is 13.2. The Morgan fingerprint density at radius 1 is 0.929 bits per heavy atom. The van der Waals surface area contributed by atoms with Crippen molar-refractivity contribution in [2.45, 2.75) is 27.7 Å². The molecular formula is C20H29O6P2+. The van der Waals surface area contributed by atoms with Gasteiger partial charge in [-0.2, -0.15) is 13.9 Å². The predicted octanol–water partition coefficient (Wildman–Crippen LogP) is 6.23. The minimum atomic E-state index is -3.84. The Morgan fingerprint density at radius 3 is 2.07 bits per heavy atom. The molecule has 0 aliphatic heterocycles. The summed E-state index contributed by atoms with van der Waals surface area (Å²) in [4.78, 5) is 11.3. The Bertz CT molecular complexity index is 830. The van der Waals surface area contributed by atoms with Crippen LogP contribution >= 0.6 is 15.5 Å². The maximum Gasteiger partial charge on any atom is 0.454 e. The van der Waals surface area contributed by atoms with Crippen molar-refractivity contribution < 1.29 is 27.6 Å². The van der Waals surface area contributed by atoms with Crippen molar-refractivity contribution in [1.82, 2.24) is 0 Å². The molecule has 0 atom stereocenters. The van der Waals surface area contributed by atoms with Gasteiger partial charge in [0, 0.05) is 6.08 Å². The zero-order chi connectivity index (χ0) is 20.6. The van der Waals surface area contributed by atoms with E-state index < -0.39 is 15.5 Å². The van der Waals surface area contributed by atoms with E-state index in [1.54, 1.807) is 33.8 Å². The number of hydrogen-bond donors (Lipinski definition) is 1. The van der Waals surface area contributed by atoms with Gasteiger partial charge in [0.1, 0.15) is 0 Å². The van der Waals surface area contributed by atoms with Gasteiger partial charge in [-0.25, -0.2) is 0 Å². The third-order valence-corrected chi connectivity index (χ3v) is 9.19. The second-order valence-electron chi connectivity index (χ2n) is 5.76. The van der Waals surface area contributed by atoms with E-state index in [-0.39, 0.29) is 31.5 Å². The average molecular weight is 427 g/mol. The van der Waals surface area contributed by atoms with Crippen LogP contribution in [0.15, 0.2) is 47.5 Å². The summed E-state index contributed by atoms with van der Waals surface area (Å²) in [6.45, 7) is 7.62. The van der Waals surface area contributed by atoms with Gasteiger partial charge < -0.3 is 9.05 Å². The van der Waals surface area contributed by atoms with Gasteiger partial charge in [-0.05, 0) is 44.0 Å². The molecule has 0 radical (unpaired) electrons. The van der Waals surface area contributed by atoms with E-state index in [9.17, 15) is 9.46 Å². The second kappa shape index (κ2) is 10.6. The highest BCUT2D eigenvalue weighted by atomic mass is 31.3. The minimum Gasteiger partial charge on any atom is -0.303 e. The summed E-state index contributed by atoms with van der Waals surface area (Å²) in [5.74, 6) is 0. The summed E-state index contributed by atoms with van der Waals surface area (Å²) in [7, 11) is -7.50. The fraction of sp³-hybridized carbons (Fsp3) is 0.400. The summed E-state index contributed by atoms with van der Waals surface area (Å²) < 4.78 is 35.9. The molecule has 2 aromatic carbocycles. The monoisotopic (exact) mass is 427 g/mol. The number of benzene rings is 2. The van der Waals surface area contributed by atoms with Gasteiger partial charge in [0.15, 0.2) is 0 Å². The summed E-state index contributed by atoms with van der Waals surface area (Å²) >= 11 is 0. The van der Waals surface area contributed by atoms with E-state index in [0.717, 1.165) is 16.3 Å². The molecule has 0 saturated carbocycles. The van der Waals surface area contributed by atoms with Gasteiger partial charge in [-0.3, -0.25) is 4.57 Å². The molecule has 0 aliphatic rings. The molecule has 0 fully saturated rings. The molecule has 0 aromatic heterocycles. The molecule has 1 N–H and O–H groups in total. The molecule has 6 nitrogen and oxygen atoms in total. The fourth-order valence-electron chi connectivity index (χ4n) is 2.86. The Hall–Kier alpha value is -1.10. The van der Waals surface area contributed by atoms with E-state index in [4.69, 9.17) is 18.1 Å². The number of hydrogen-bond acceptors (Lipinski definition) is 6. The standard InChI is InChI=1S/C20H29O6P2/c1-5-23-27(21,24-6-2)20(28(22,25-7-3)26-8-4)16-18-14-11-13-17-12-9-10-15-19(17)18/h9-16,21H,5-8H2,1-4H3/q+1/b20-16+. The Kier molecular flexibility index (Phi) is 8.79. The fourth-order valence-corrected chi connectivity index (χ4v) is 7.45. The maximum absolute atomic E-state index is 13.6. The molecule has 154 valence electrons. The largest absolute Gasteiger partial charge is 0.454 e. The van der Waals surface area contributed by atoms with Gasteiger partial charge in [-0.15, -0.1) is 0 Å². The molecule has 0 heterocycles. The van der Waals surface area contributed by atoms with Crippen LogP contribution in [0.25, 0.3) is 16.8 Å². The minimum absolute atomic E-state index is 0.0313. The maximum atomic E-state index is 13.6. The molecular weight excluding hydrogens is 398 g/mol. The van der Waals surface area contributed by atoms with Gasteiger partial charge in [0.05, 0.1) is 26.4 Å². The third-order valence-electron chi connectivity index (χ3n) is 3.88. The Morgan fingerprint density at radius 2 is 1.50 bits per heavy atom. The van der Waals surface area contributed by atoms with E-state index in [2.05, 4.69) is 0 Å². The van der Waals surface area contributed by atoms with Gasteiger partial charge >= 0.3 is 15.5 Å². The van der Waals surface area contributed by atoms with Gasteiger partial charge in [-0.1, -0.05) is 42.5 Å². The van der Waals surface area contributed by atoms with E-state index >= 15 is 0 Å². The zero-order valence-electron chi connectivity index (χ0n) is 16.8.